The first-order valence-electron chi connectivity index (χ1n) is 6.28. The number of hydrogen-bond donors (Lipinski definition) is 1. The van der Waals surface area contributed by atoms with Crippen molar-refractivity contribution in [3.05, 3.63) is 0 Å². The summed E-state index contributed by atoms with van der Waals surface area (Å²) >= 11 is 0. The molecule has 1 N–H and O–H groups in total. The Morgan fingerprint density at radius 1 is 1.50 bits per heavy atom. The van der Waals surface area contributed by atoms with Crippen molar-refractivity contribution in [2.75, 3.05) is 32.8 Å². The van der Waals surface area contributed by atoms with Gasteiger partial charge in [-0.1, -0.05) is 13.8 Å². The molecule has 92 valence electrons. The number of carbonyl (C=O) groups is 1. The highest BCUT2D eigenvalue weighted by atomic mass is 16.5. The average molecular weight is 226 g/mol. The monoisotopic (exact) mass is 226 g/mol. The fraction of sp³-hybridized carbons (Fsp3) is 0.917. The number of nitrogens with one attached hydrogen (secondary N) is 1. The molecule has 0 saturated carbocycles. The first kappa shape index (κ1) is 11.9. The molecule has 2 aliphatic heterocycles. The maximum absolute atomic E-state index is 12.2. The Hall–Kier alpha value is -0.610. The normalized spacial score (nSPS) is 31.1. The van der Waals surface area contributed by atoms with Gasteiger partial charge in [0, 0.05) is 19.6 Å². The fourth-order valence-electron chi connectivity index (χ4n) is 2.48. The van der Waals surface area contributed by atoms with Crippen molar-refractivity contribution in [2.45, 2.75) is 26.3 Å². The van der Waals surface area contributed by atoms with E-state index in [0.29, 0.717) is 18.4 Å². The highest BCUT2D eigenvalue weighted by Crippen LogP contribution is 2.24. The molecule has 0 radical (unpaired) electrons. The predicted molar refractivity (Wildman–Crippen MR) is 62.1 cm³/mol. The third-order valence-corrected chi connectivity index (χ3v) is 3.70. The van der Waals surface area contributed by atoms with Gasteiger partial charge in [0.15, 0.2) is 0 Å². The summed E-state index contributed by atoms with van der Waals surface area (Å²) in [5, 5.41) is 3.22. The minimum absolute atomic E-state index is 0.111. The van der Waals surface area contributed by atoms with Crippen molar-refractivity contribution in [1.29, 1.82) is 0 Å². The van der Waals surface area contributed by atoms with Gasteiger partial charge in [-0.3, -0.25) is 4.79 Å². The number of amides is 1. The van der Waals surface area contributed by atoms with Crippen LogP contribution < -0.4 is 5.32 Å². The lowest BCUT2D eigenvalue weighted by Crippen LogP contribution is -2.52. The summed E-state index contributed by atoms with van der Waals surface area (Å²) in [7, 11) is 0. The van der Waals surface area contributed by atoms with Gasteiger partial charge in [-0.05, 0) is 18.3 Å². The molecule has 4 heteroatoms. The van der Waals surface area contributed by atoms with E-state index in [1.54, 1.807) is 0 Å². The number of ether oxygens (including phenoxy) is 1. The molecule has 0 aliphatic carbocycles. The molecule has 2 unspecified atom stereocenters. The van der Waals surface area contributed by atoms with Gasteiger partial charge < -0.3 is 15.0 Å². The Kier molecular flexibility index (Phi) is 3.82. The van der Waals surface area contributed by atoms with Crippen LogP contribution in [0.4, 0.5) is 0 Å². The van der Waals surface area contributed by atoms with Crippen molar-refractivity contribution in [1.82, 2.24) is 10.2 Å². The molecule has 4 nitrogen and oxygen atoms in total. The molecule has 1 amide bonds. The second-order valence-corrected chi connectivity index (χ2v) is 5.16. The van der Waals surface area contributed by atoms with E-state index >= 15 is 0 Å². The minimum Gasteiger partial charge on any atom is -0.378 e. The van der Waals surface area contributed by atoms with E-state index in [0.717, 1.165) is 32.7 Å². The Morgan fingerprint density at radius 3 is 2.88 bits per heavy atom. The molecule has 2 saturated heterocycles. The van der Waals surface area contributed by atoms with Crippen LogP contribution in [0.15, 0.2) is 0 Å². The lowest BCUT2D eigenvalue weighted by molar-refractivity contribution is -0.135. The Bertz CT molecular complexity index is 249. The summed E-state index contributed by atoms with van der Waals surface area (Å²) in [5.41, 5.74) is 0. The van der Waals surface area contributed by atoms with Crippen molar-refractivity contribution in [2.24, 2.45) is 11.8 Å². The molecule has 2 atom stereocenters. The second-order valence-electron chi connectivity index (χ2n) is 5.16. The maximum Gasteiger partial charge on any atom is 0.242 e. The van der Waals surface area contributed by atoms with Crippen LogP contribution in [0.25, 0.3) is 0 Å². The van der Waals surface area contributed by atoms with Gasteiger partial charge in [-0.2, -0.15) is 0 Å². The molecule has 0 aromatic rings. The number of hydrogen-bond acceptors (Lipinski definition) is 3. The third-order valence-electron chi connectivity index (χ3n) is 3.70. The molecular weight excluding hydrogens is 204 g/mol. The molecular formula is C12H22N2O2. The molecule has 2 rings (SSSR count). The van der Waals surface area contributed by atoms with Gasteiger partial charge in [0.1, 0.15) is 6.04 Å². The van der Waals surface area contributed by atoms with E-state index < -0.39 is 0 Å². The van der Waals surface area contributed by atoms with Crippen LogP contribution in [-0.4, -0.2) is 49.7 Å². The Morgan fingerprint density at radius 2 is 2.31 bits per heavy atom. The largest absolute Gasteiger partial charge is 0.378 e. The van der Waals surface area contributed by atoms with Gasteiger partial charge in [0.2, 0.25) is 5.91 Å². The molecule has 0 aromatic carbocycles. The smallest absolute Gasteiger partial charge is 0.242 e. The standard InChI is InChI=1S/C12H22N2O2/c1-9(2)10-3-5-14(7-10)12(15)11-8-16-6-4-13-11/h9-11,13H,3-8H2,1-2H3. The summed E-state index contributed by atoms with van der Waals surface area (Å²) in [6.45, 7) is 8.35. The molecule has 16 heavy (non-hydrogen) atoms. The van der Waals surface area contributed by atoms with E-state index in [1.165, 1.54) is 0 Å². The lowest BCUT2D eigenvalue weighted by atomic mass is 9.95. The summed E-state index contributed by atoms with van der Waals surface area (Å²) in [5.74, 6) is 1.57. The summed E-state index contributed by atoms with van der Waals surface area (Å²) in [6.07, 6.45) is 1.15. The Labute approximate surface area is 97.3 Å². The molecule has 2 aliphatic rings. The first-order chi connectivity index (χ1) is 7.68. The van der Waals surface area contributed by atoms with Crippen LogP contribution in [0.1, 0.15) is 20.3 Å². The Balaban J connectivity index is 1.86. The number of likely N-dealkylation sites (tertiary alicyclic amines) is 1. The summed E-state index contributed by atoms with van der Waals surface area (Å²) < 4.78 is 5.33. The van der Waals surface area contributed by atoms with E-state index in [-0.39, 0.29) is 11.9 Å². The topological polar surface area (TPSA) is 41.6 Å². The van der Waals surface area contributed by atoms with Crippen LogP contribution >= 0.6 is 0 Å². The summed E-state index contributed by atoms with van der Waals surface area (Å²) in [6, 6.07) is -0.111. The maximum atomic E-state index is 12.2. The number of nitrogens with zero attached hydrogens (tertiary/aromatic N) is 1. The zero-order chi connectivity index (χ0) is 11.5. The van der Waals surface area contributed by atoms with Crippen molar-refractivity contribution in [3.63, 3.8) is 0 Å². The van der Waals surface area contributed by atoms with Crippen LogP contribution in [0.3, 0.4) is 0 Å². The molecule has 0 spiro atoms. The molecule has 2 heterocycles. The number of morpholine rings is 1. The molecule has 2 fully saturated rings. The highest BCUT2D eigenvalue weighted by molar-refractivity contribution is 5.82. The van der Waals surface area contributed by atoms with E-state index in [4.69, 9.17) is 4.74 Å². The minimum atomic E-state index is -0.111. The van der Waals surface area contributed by atoms with E-state index in [1.807, 2.05) is 4.90 Å². The highest BCUT2D eigenvalue weighted by Gasteiger charge is 2.32. The lowest BCUT2D eigenvalue weighted by Gasteiger charge is -2.27. The van der Waals surface area contributed by atoms with E-state index in [9.17, 15) is 4.79 Å². The van der Waals surface area contributed by atoms with Gasteiger partial charge in [-0.15, -0.1) is 0 Å². The van der Waals surface area contributed by atoms with Crippen molar-refractivity contribution < 1.29 is 9.53 Å². The zero-order valence-electron chi connectivity index (χ0n) is 10.2. The number of rotatable bonds is 2. The van der Waals surface area contributed by atoms with Gasteiger partial charge in [0.05, 0.1) is 13.2 Å². The van der Waals surface area contributed by atoms with Gasteiger partial charge in [0.25, 0.3) is 0 Å². The van der Waals surface area contributed by atoms with Crippen molar-refractivity contribution in [3.8, 4) is 0 Å². The van der Waals surface area contributed by atoms with Crippen LogP contribution in [0, 0.1) is 11.8 Å². The van der Waals surface area contributed by atoms with Crippen LogP contribution in [-0.2, 0) is 9.53 Å². The van der Waals surface area contributed by atoms with Crippen LogP contribution in [0.5, 0.6) is 0 Å². The molecule has 0 aromatic heterocycles. The SMILES string of the molecule is CC(C)C1CCN(C(=O)C2COCCN2)C1. The second kappa shape index (κ2) is 5.15. The van der Waals surface area contributed by atoms with Crippen molar-refractivity contribution >= 4 is 5.91 Å². The molecule has 0 bridgehead atoms. The third kappa shape index (κ3) is 2.55. The number of carbonyl (C=O) groups excluding carboxylic acids is 1. The van der Waals surface area contributed by atoms with Gasteiger partial charge >= 0.3 is 0 Å². The summed E-state index contributed by atoms with van der Waals surface area (Å²) in [4.78, 5) is 14.1. The predicted octanol–water partition coefficient (Wildman–Crippen LogP) is 0.479. The van der Waals surface area contributed by atoms with Gasteiger partial charge in [-0.25, -0.2) is 0 Å². The average Bonchev–Trinajstić information content (AvgIpc) is 2.78. The fourth-order valence-corrected chi connectivity index (χ4v) is 2.48. The zero-order valence-corrected chi connectivity index (χ0v) is 10.2. The quantitative estimate of drug-likeness (QED) is 0.744. The first-order valence-corrected chi connectivity index (χ1v) is 6.28. The van der Waals surface area contributed by atoms with E-state index in [2.05, 4.69) is 19.2 Å². The van der Waals surface area contributed by atoms with Crippen LogP contribution in [0.2, 0.25) is 0 Å².